The standard InChI is InChI=1S/C12H19N3O6/c16-9(14-7-4-5-7)6-13-12(21)15-8(11(19)20)2-1-3-10(17)18/h7-8H,1-6H2,(H,14,16)(H,17,18)(H,19,20)(H2,13,15,21)/t8-/m1/s1. The fourth-order valence-electron chi connectivity index (χ4n) is 1.59. The number of urea groups is 1. The van der Waals surface area contributed by atoms with Crippen LogP contribution in [-0.2, 0) is 14.4 Å². The third kappa shape index (κ3) is 7.75. The molecule has 1 aliphatic carbocycles. The monoisotopic (exact) mass is 301 g/mol. The number of aliphatic carboxylic acids is 2. The van der Waals surface area contributed by atoms with Gasteiger partial charge in [0.15, 0.2) is 0 Å². The van der Waals surface area contributed by atoms with E-state index in [4.69, 9.17) is 10.2 Å². The van der Waals surface area contributed by atoms with Crippen LogP contribution in [-0.4, -0.2) is 52.7 Å². The first-order valence-corrected chi connectivity index (χ1v) is 6.67. The Morgan fingerprint density at radius 1 is 1.14 bits per heavy atom. The number of hydrogen-bond donors (Lipinski definition) is 5. The van der Waals surface area contributed by atoms with Gasteiger partial charge in [0.2, 0.25) is 5.91 Å². The highest BCUT2D eigenvalue weighted by molar-refractivity contribution is 5.86. The molecule has 9 nitrogen and oxygen atoms in total. The zero-order valence-corrected chi connectivity index (χ0v) is 11.4. The first kappa shape index (κ1) is 16.7. The van der Waals surface area contributed by atoms with E-state index in [0.717, 1.165) is 12.8 Å². The number of carboxylic acids is 2. The van der Waals surface area contributed by atoms with Gasteiger partial charge in [0, 0.05) is 12.5 Å². The molecule has 3 amide bonds. The Morgan fingerprint density at radius 3 is 2.33 bits per heavy atom. The molecule has 1 aliphatic rings. The van der Waals surface area contributed by atoms with Crippen molar-refractivity contribution in [3.05, 3.63) is 0 Å². The number of amides is 3. The third-order valence-corrected chi connectivity index (χ3v) is 2.84. The van der Waals surface area contributed by atoms with Crippen LogP contribution in [0.15, 0.2) is 0 Å². The molecule has 0 aromatic heterocycles. The minimum atomic E-state index is -1.25. The Hall–Kier alpha value is -2.32. The van der Waals surface area contributed by atoms with Crippen LogP contribution in [0.1, 0.15) is 32.1 Å². The molecule has 0 saturated heterocycles. The van der Waals surface area contributed by atoms with Crippen LogP contribution < -0.4 is 16.0 Å². The van der Waals surface area contributed by atoms with Crippen LogP contribution in [0.2, 0.25) is 0 Å². The topological polar surface area (TPSA) is 145 Å². The first-order chi connectivity index (χ1) is 9.88. The molecule has 1 saturated carbocycles. The molecule has 5 N–H and O–H groups in total. The fraction of sp³-hybridized carbons (Fsp3) is 0.667. The van der Waals surface area contributed by atoms with Gasteiger partial charge in [-0.3, -0.25) is 9.59 Å². The average Bonchev–Trinajstić information content (AvgIpc) is 3.18. The Bertz CT molecular complexity index is 421. The number of nitrogens with one attached hydrogen (secondary N) is 3. The lowest BCUT2D eigenvalue weighted by atomic mass is 10.1. The van der Waals surface area contributed by atoms with E-state index in [1.165, 1.54) is 0 Å². The normalized spacial score (nSPS) is 14.9. The molecule has 1 rings (SSSR count). The second-order valence-corrected chi connectivity index (χ2v) is 4.85. The molecule has 0 aromatic carbocycles. The van der Waals surface area contributed by atoms with Crippen LogP contribution in [0, 0.1) is 0 Å². The van der Waals surface area contributed by atoms with Crippen molar-refractivity contribution in [2.75, 3.05) is 6.54 Å². The summed E-state index contributed by atoms with van der Waals surface area (Å²) in [5, 5.41) is 24.5. The van der Waals surface area contributed by atoms with Crippen LogP contribution in [0.4, 0.5) is 4.79 Å². The van der Waals surface area contributed by atoms with E-state index in [0.29, 0.717) is 0 Å². The number of carboxylic acid groups (broad SMARTS) is 2. The molecular weight excluding hydrogens is 282 g/mol. The van der Waals surface area contributed by atoms with Crippen LogP contribution in [0.3, 0.4) is 0 Å². The van der Waals surface area contributed by atoms with Crippen LogP contribution in [0.25, 0.3) is 0 Å². The third-order valence-electron chi connectivity index (χ3n) is 2.84. The smallest absolute Gasteiger partial charge is 0.326 e. The average molecular weight is 301 g/mol. The lowest BCUT2D eigenvalue weighted by molar-refractivity contribution is -0.140. The quantitative estimate of drug-likeness (QED) is 0.380. The minimum Gasteiger partial charge on any atom is -0.481 e. The molecular formula is C12H19N3O6. The summed E-state index contributed by atoms with van der Waals surface area (Å²) in [7, 11) is 0. The predicted molar refractivity (Wildman–Crippen MR) is 70.6 cm³/mol. The van der Waals surface area contributed by atoms with E-state index in [2.05, 4.69) is 16.0 Å². The molecule has 0 aliphatic heterocycles. The van der Waals surface area contributed by atoms with Gasteiger partial charge < -0.3 is 26.2 Å². The number of rotatable bonds is 9. The van der Waals surface area contributed by atoms with E-state index in [1.54, 1.807) is 0 Å². The predicted octanol–water partition coefficient (Wildman–Crippen LogP) is -0.728. The number of carbonyl (C=O) groups is 4. The van der Waals surface area contributed by atoms with Gasteiger partial charge in [-0.15, -0.1) is 0 Å². The molecule has 0 bridgehead atoms. The molecule has 1 atom stereocenters. The largest absolute Gasteiger partial charge is 0.481 e. The van der Waals surface area contributed by atoms with Crippen molar-refractivity contribution >= 4 is 23.9 Å². The van der Waals surface area contributed by atoms with Crippen molar-refractivity contribution in [1.29, 1.82) is 0 Å². The molecule has 0 unspecified atom stereocenters. The summed E-state index contributed by atoms with van der Waals surface area (Å²) in [6.45, 7) is -0.232. The van der Waals surface area contributed by atoms with Crippen LogP contribution in [0.5, 0.6) is 0 Å². The first-order valence-electron chi connectivity index (χ1n) is 6.67. The zero-order chi connectivity index (χ0) is 15.8. The van der Waals surface area contributed by atoms with Gasteiger partial charge in [-0.1, -0.05) is 0 Å². The van der Waals surface area contributed by atoms with Gasteiger partial charge in [0.25, 0.3) is 0 Å². The lowest BCUT2D eigenvalue weighted by Crippen LogP contribution is -2.48. The van der Waals surface area contributed by atoms with E-state index in [-0.39, 0.29) is 37.8 Å². The van der Waals surface area contributed by atoms with Crippen molar-refractivity contribution in [1.82, 2.24) is 16.0 Å². The Balaban J connectivity index is 2.25. The maximum atomic E-state index is 11.5. The molecule has 0 radical (unpaired) electrons. The van der Waals surface area contributed by atoms with Crippen LogP contribution >= 0.6 is 0 Å². The number of hydrogen-bond acceptors (Lipinski definition) is 4. The summed E-state index contributed by atoms with van der Waals surface area (Å²) in [5.41, 5.74) is 0. The highest BCUT2D eigenvalue weighted by Crippen LogP contribution is 2.18. The number of carbonyl (C=O) groups excluding carboxylic acids is 2. The molecule has 1 fully saturated rings. The Morgan fingerprint density at radius 2 is 1.81 bits per heavy atom. The summed E-state index contributed by atoms with van der Waals surface area (Å²) >= 11 is 0. The molecule has 9 heteroatoms. The molecule has 21 heavy (non-hydrogen) atoms. The van der Waals surface area contributed by atoms with Crippen molar-refractivity contribution in [2.24, 2.45) is 0 Å². The van der Waals surface area contributed by atoms with Gasteiger partial charge >= 0.3 is 18.0 Å². The van der Waals surface area contributed by atoms with Gasteiger partial charge in [0.1, 0.15) is 6.04 Å². The molecule has 0 spiro atoms. The molecule has 118 valence electrons. The maximum Gasteiger partial charge on any atom is 0.326 e. The van der Waals surface area contributed by atoms with Gasteiger partial charge in [-0.25, -0.2) is 9.59 Å². The Kier molecular flexibility index (Phi) is 6.44. The fourth-order valence-corrected chi connectivity index (χ4v) is 1.59. The van der Waals surface area contributed by atoms with Crippen molar-refractivity contribution in [2.45, 2.75) is 44.2 Å². The molecule has 0 aromatic rings. The summed E-state index contributed by atoms with van der Waals surface area (Å²) < 4.78 is 0. The van der Waals surface area contributed by atoms with E-state index < -0.39 is 24.0 Å². The van der Waals surface area contributed by atoms with E-state index in [9.17, 15) is 19.2 Å². The molecule has 0 heterocycles. The Labute approximate surface area is 121 Å². The summed E-state index contributed by atoms with van der Waals surface area (Å²) in [4.78, 5) is 44.1. The second kappa shape index (κ2) is 8.08. The lowest BCUT2D eigenvalue weighted by Gasteiger charge is -2.14. The highest BCUT2D eigenvalue weighted by Gasteiger charge is 2.24. The van der Waals surface area contributed by atoms with E-state index >= 15 is 0 Å². The van der Waals surface area contributed by atoms with Crippen molar-refractivity contribution in [3.63, 3.8) is 0 Å². The maximum absolute atomic E-state index is 11.5. The summed E-state index contributed by atoms with van der Waals surface area (Å²) in [5.74, 6) is -2.61. The minimum absolute atomic E-state index is 0.00330. The van der Waals surface area contributed by atoms with E-state index in [1.807, 2.05) is 0 Å². The highest BCUT2D eigenvalue weighted by atomic mass is 16.4. The summed E-state index contributed by atoms with van der Waals surface area (Å²) in [6.07, 6.45) is 1.83. The van der Waals surface area contributed by atoms with Gasteiger partial charge in [0.05, 0.1) is 6.54 Å². The van der Waals surface area contributed by atoms with Crippen molar-refractivity contribution < 1.29 is 29.4 Å². The van der Waals surface area contributed by atoms with Gasteiger partial charge in [-0.05, 0) is 25.7 Å². The zero-order valence-electron chi connectivity index (χ0n) is 11.4. The van der Waals surface area contributed by atoms with Gasteiger partial charge in [-0.2, -0.15) is 0 Å². The summed E-state index contributed by atoms with van der Waals surface area (Å²) in [6, 6.07) is -1.77. The van der Waals surface area contributed by atoms with Crippen molar-refractivity contribution in [3.8, 4) is 0 Å². The SMILES string of the molecule is O=C(O)CCC[C@@H](NC(=O)NCC(=O)NC1CC1)C(=O)O. The second-order valence-electron chi connectivity index (χ2n) is 4.85.